The van der Waals surface area contributed by atoms with Crippen LogP contribution in [0.4, 0.5) is 5.69 Å². The Hall–Kier alpha value is -1.80. The minimum atomic E-state index is -0.626. The van der Waals surface area contributed by atoms with E-state index in [0.29, 0.717) is 11.3 Å². The average Bonchev–Trinajstić information content (AvgIpc) is 2.26. The lowest BCUT2D eigenvalue weighted by atomic mass is 10.1. The number of hydrogen-bond donors (Lipinski definition) is 0. The zero-order chi connectivity index (χ0) is 11.4. The predicted octanol–water partition coefficient (Wildman–Crippen LogP) is 2.21. The summed E-state index contributed by atoms with van der Waals surface area (Å²) in [6, 6.07) is 4.32. The van der Waals surface area contributed by atoms with Gasteiger partial charge in [0.25, 0.3) is 5.69 Å². The molecule has 15 heavy (non-hydrogen) atoms. The highest BCUT2D eigenvalue weighted by molar-refractivity contribution is 6.17. The van der Waals surface area contributed by atoms with E-state index >= 15 is 0 Å². The summed E-state index contributed by atoms with van der Waals surface area (Å²) >= 11 is 5.61. The topological polar surface area (TPSA) is 76.2 Å². The van der Waals surface area contributed by atoms with E-state index in [1.807, 2.05) is 0 Å². The first-order valence-corrected chi connectivity index (χ1v) is 4.48. The van der Waals surface area contributed by atoms with Crippen LogP contribution in [0.1, 0.15) is 11.1 Å². The van der Waals surface area contributed by atoms with Gasteiger partial charge in [0, 0.05) is 5.56 Å². The second kappa shape index (κ2) is 4.62. The van der Waals surface area contributed by atoms with E-state index in [0.717, 1.165) is 0 Å². The van der Waals surface area contributed by atoms with Gasteiger partial charge in [-0.1, -0.05) is 0 Å². The molecule has 0 aliphatic carbocycles. The first-order valence-electron chi connectivity index (χ1n) is 3.95. The molecule has 0 atom stereocenters. The summed E-state index contributed by atoms with van der Waals surface area (Å²) in [5.74, 6) is 0.450. The molecule has 0 aliphatic heterocycles. The fourth-order valence-electron chi connectivity index (χ4n) is 1.15. The van der Waals surface area contributed by atoms with Gasteiger partial charge in [0.15, 0.2) is 0 Å². The molecule has 1 aromatic rings. The van der Waals surface area contributed by atoms with Gasteiger partial charge in [0.1, 0.15) is 17.4 Å². The van der Waals surface area contributed by atoms with Crippen LogP contribution in [0.2, 0.25) is 0 Å². The Kier molecular flexibility index (Phi) is 3.47. The number of rotatable bonds is 3. The maximum absolute atomic E-state index is 10.6. The molecule has 0 unspecified atom stereocenters. The smallest absolute Gasteiger partial charge is 0.290 e. The molecule has 0 saturated heterocycles. The van der Waals surface area contributed by atoms with Crippen molar-refractivity contribution >= 4 is 17.3 Å². The largest absolute Gasteiger partial charge is 0.496 e. The highest BCUT2D eigenvalue weighted by atomic mass is 35.5. The van der Waals surface area contributed by atoms with Crippen molar-refractivity contribution in [2.45, 2.75) is 5.88 Å². The number of hydrogen-bond acceptors (Lipinski definition) is 4. The van der Waals surface area contributed by atoms with Gasteiger partial charge in [-0.3, -0.25) is 10.1 Å². The lowest BCUT2D eigenvalue weighted by molar-refractivity contribution is -0.385. The number of methoxy groups -OCH3 is 1. The number of halogens is 1. The molecule has 0 heterocycles. The average molecular weight is 227 g/mol. The molecule has 0 radical (unpaired) electrons. The Bertz CT molecular complexity index is 440. The predicted molar refractivity (Wildman–Crippen MR) is 53.9 cm³/mol. The van der Waals surface area contributed by atoms with Gasteiger partial charge < -0.3 is 4.74 Å². The second-order valence-corrected chi connectivity index (χ2v) is 2.95. The summed E-state index contributed by atoms with van der Waals surface area (Å²) < 4.78 is 4.93. The minimum Gasteiger partial charge on any atom is -0.496 e. The van der Waals surface area contributed by atoms with E-state index < -0.39 is 4.92 Å². The summed E-state index contributed by atoms with van der Waals surface area (Å²) in [7, 11) is 1.39. The van der Waals surface area contributed by atoms with E-state index in [1.54, 1.807) is 6.07 Å². The molecular weight excluding hydrogens is 220 g/mol. The standard InChI is InChI=1S/C9H7ClN2O3/c1-15-9-3-8(12(13)14)7(5-11)2-6(9)4-10/h2-3H,4H2,1H3. The number of nitrogens with zero attached hydrogens (tertiary/aromatic N) is 2. The number of nitro groups is 1. The second-order valence-electron chi connectivity index (χ2n) is 2.68. The highest BCUT2D eigenvalue weighted by Gasteiger charge is 2.17. The Labute approximate surface area is 91.0 Å². The fraction of sp³-hybridized carbons (Fsp3) is 0.222. The summed E-state index contributed by atoms with van der Waals surface area (Å²) in [6.45, 7) is 0. The monoisotopic (exact) mass is 226 g/mol. The third-order valence-electron chi connectivity index (χ3n) is 1.86. The van der Waals surface area contributed by atoms with Crippen molar-refractivity contribution < 1.29 is 9.66 Å². The molecule has 0 aliphatic rings. The van der Waals surface area contributed by atoms with Crippen LogP contribution >= 0.6 is 11.6 Å². The van der Waals surface area contributed by atoms with Crippen molar-refractivity contribution in [1.29, 1.82) is 5.26 Å². The maximum Gasteiger partial charge on any atom is 0.290 e. The van der Waals surface area contributed by atoms with Crippen molar-refractivity contribution in [3.63, 3.8) is 0 Å². The number of benzene rings is 1. The SMILES string of the molecule is COc1cc([N+](=O)[O-])c(C#N)cc1CCl. The van der Waals surface area contributed by atoms with Gasteiger partial charge >= 0.3 is 0 Å². The highest BCUT2D eigenvalue weighted by Crippen LogP contribution is 2.29. The zero-order valence-electron chi connectivity index (χ0n) is 7.86. The molecule has 0 bridgehead atoms. The van der Waals surface area contributed by atoms with Crippen LogP contribution in [0.15, 0.2) is 12.1 Å². The summed E-state index contributed by atoms with van der Waals surface area (Å²) in [5.41, 5.74) is 0.265. The first-order chi connectivity index (χ1) is 7.13. The van der Waals surface area contributed by atoms with Gasteiger partial charge in [-0.2, -0.15) is 5.26 Å². The molecule has 1 rings (SSSR count). The normalized spacial score (nSPS) is 9.40. The maximum atomic E-state index is 10.6. The van der Waals surface area contributed by atoms with Crippen molar-refractivity contribution in [2.24, 2.45) is 0 Å². The molecule has 0 N–H and O–H groups in total. The molecule has 1 aromatic carbocycles. The number of nitro benzene ring substituents is 1. The van der Waals surface area contributed by atoms with Crippen molar-refractivity contribution in [3.8, 4) is 11.8 Å². The van der Waals surface area contributed by atoms with Crippen molar-refractivity contribution in [2.75, 3.05) is 7.11 Å². The van der Waals surface area contributed by atoms with Crippen LogP contribution in [-0.4, -0.2) is 12.0 Å². The third-order valence-corrected chi connectivity index (χ3v) is 2.15. The molecule has 5 nitrogen and oxygen atoms in total. The van der Waals surface area contributed by atoms with Crippen LogP contribution in [0.3, 0.4) is 0 Å². The summed E-state index contributed by atoms with van der Waals surface area (Å²) in [6.07, 6.45) is 0. The van der Waals surface area contributed by atoms with E-state index in [1.165, 1.54) is 19.2 Å². The Morgan fingerprint density at radius 3 is 2.73 bits per heavy atom. The first kappa shape index (κ1) is 11.3. The van der Waals surface area contributed by atoms with Crippen LogP contribution in [-0.2, 0) is 5.88 Å². The van der Waals surface area contributed by atoms with Crippen LogP contribution in [0, 0.1) is 21.4 Å². The summed E-state index contributed by atoms with van der Waals surface area (Å²) in [5, 5.41) is 19.3. The Morgan fingerprint density at radius 2 is 2.33 bits per heavy atom. The molecular formula is C9H7ClN2O3. The minimum absolute atomic E-state index is 0.0172. The van der Waals surface area contributed by atoms with Gasteiger partial charge in [0.2, 0.25) is 0 Å². The van der Waals surface area contributed by atoms with Gasteiger partial charge in [0.05, 0.1) is 24.0 Å². The molecule has 0 fully saturated rings. The third kappa shape index (κ3) is 2.17. The van der Waals surface area contributed by atoms with Crippen LogP contribution in [0.5, 0.6) is 5.75 Å². The fourth-order valence-corrected chi connectivity index (χ4v) is 1.36. The number of alkyl halides is 1. The van der Waals surface area contributed by atoms with E-state index in [4.69, 9.17) is 21.6 Å². The summed E-state index contributed by atoms with van der Waals surface area (Å²) in [4.78, 5) is 9.99. The molecule has 6 heteroatoms. The van der Waals surface area contributed by atoms with Crippen LogP contribution in [0.25, 0.3) is 0 Å². The van der Waals surface area contributed by atoms with Crippen molar-refractivity contribution in [3.05, 3.63) is 33.4 Å². The Morgan fingerprint density at radius 1 is 1.67 bits per heavy atom. The molecule has 0 aromatic heterocycles. The number of nitriles is 1. The molecule has 0 amide bonds. The zero-order valence-corrected chi connectivity index (χ0v) is 8.61. The van der Waals surface area contributed by atoms with E-state index in [9.17, 15) is 10.1 Å². The lowest BCUT2D eigenvalue weighted by Gasteiger charge is -2.06. The van der Waals surface area contributed by atoms with Crippen LogP contribution < -0.4 is 4.74 Å². The Balaban J connectivity index is 3.42. The molecule has 0 spiro atoms. The quantitative estimate of drug-likeness (QED) is 0.450. The van der Waals surface area contributed by atoms with Gasteiger partial charge in [-0.25, -0.2) is 0 Å². The van der Waals surface area contributed by atoms with Crippen molar-refractivity contribution in [1.82, 2.24) is 0 Å². The lowest BCUT2D eigenvalue weighted by Crippen LogP contribution is -1.97. The van der Waals surface area contributed by atoms with E-state index in [-0.39, 0.29) is 17.1 Å². The van der Waals surface area contributed by atoms with Gasteiger partial charge in [-0.05, 0) is 6.07 Å². The molecule has 78 valence electrons. The molecule has 0 saturated carbocycles. The van der Waals surface area contributed by atoms with E-state index in [2.05, 4.69) is 0 Å². The number of ether oxygens (including phenoxy) is 1. The van der Waals surface area contributed by atoms with Gasteiger partial charge in [-0.15, -0.1) is 11.6 Å².